The number of aromatic amines is 1. The van der Waals surface area contributed by atoms with Gasteiger partial charge in [-0.05, 0) is 30.3 Å². The largest absolute Gasteiger partial charge is 0.468 e. The molecule has 0 unspecified atom stereocenters. The summed E-state index contributed by atoms with van der Waals surface area (Å²) in [5.41, 5.74) is 4.82. The third-order valence-electron chi connectivity index (χ3n) is 5.03. The van der Waals surface area contributed by atoms with Crippen LogP contribution in [0.1, 0.15) is 38.6 Å². The molecule has 3 aromatic rings. The maximum absolute atomic E-state index is 12.7. The highest BCUT2D eigenvalue weighted by molar-refractivity contribution is 5.94. The number of aromatic nitrogens is 2. The van der Waals surface area contributed by atoms with Gasteiger partial charge >= 0.3 is 0 Å². The van der Waals surface area contributed by atoms with E-state index in [4.69, 9.17) is 4.42 Å². The van der Waals surface area contributed by atoms with Crippen LogP contribution >= 0.6 is 12.4 Å². The van der Waals surface area contributed by atoms with Crippen LogP contribution in [0.5, 0.6) is 0 Å². The summed E-state index contributed by atoms with van der Waals surface area (Å²) < 4.78 is 5.42. The van der Waals surface area contributed by atoms with Gasteiger partial charge in [-0.15, -0.1) is 12.4 Å². The molecule has 0 spiro atoms. The van der Waals surface area contributed by atoms with Gasteiger partial charge in [0.1, 0.15) is 5.76 Å². The van der Waals surface area contributed by atoms with Crippen LogP contribution in [0.25, 0.3) is 0 Å². The van der Waals surface area contributed by atoms with Crippen molar-refractivity contribution in [2.75, 3.05) is 13.6 Å². The normalized spacial score (nSPS) is 13.0. The molecule has 0 bridgehead atoms. The van der Waals surface area contributed by atoms with Crippen LogP contribution in [-0.2, 0) is 32.6 Å². The third kappa shape index (κ3) is 5.06. The summed E-state index contributed by atoms with van der Waals surface area (Å²) >= 11 is 0. The van der Waals surface area contributed by atoms with Gasteiger partial charge in [0.25, 0.3) is 5.91 Å². The van der Waals surface area contributed by atoms with Crippen LogP contribution in [0.15, 0.2) is 47.1 Å². The van der Waals surface area contributed by atoms with Crippen LogP contribution in [0.3, 0.4) is 0 Å². The Morgan fingerprint density at radius 2 is 2.03 bits per heavy atom. The first-order valence-electron chi connectivity index (χ1n) is 9.53. The van der Waals surface area contributed by atoms with Gasteiger partial charge in [0, 0.05) is 43.9 Å². The van der Waals surface area contributed by atoms with Crippen molar-refractivity contribution in [2.24, 2.45) is 0 Å². The fraction of sp³-hybridized carbons (Fsp3) is 0.333. The van der Waals surface area contributed by atoms with Crippen LogP contribution < -0.4 is 10.6 Å². The minimum absolute atomic E-state index is 0. The number of nitrogens with one attached hydrogen (secondary N) is 3. The van der Waals surface area contributed by atoms with Gasteiger partial charge in [0.15, 0.2) is 5.69 Å². The van der Waals surface area contributed by atoms with Crippen molar-refractivity contribution in [2.45, 2.75) is 32.6 Å². The van der Waals surface area contributed by atoms with E-state index in [0.717, 1.165) is 48.6 Å². The quantitative estimate of drug-likeness (QED) is 0.552. The molecule has 1 aliphatic heterocycles. The summed E-state index contributed by atoms with van der Waals surface area (Å²) in [6.07, 6.45) is 2.57. The summed E-state index contributed by atoms with van der Waals surface area (Å²) in [7, 11) is 2.06. The molecule has 0 aliphatic carbocycles. The van der Waals surface area contributed by atoms with Gasteiger partial charge in [0.2, 0.25) is 0 Å². The summed E-state index contributed by atoms with van der Waals surface area (Å²) in [6, 6.07) is 12.0. The number of amides is 1. The monoisotopic (exact) mass is 415 g/mol. The van der Waals surface area contributed by atoms with Crippen LogP contribution in [-0.4, -0.2) is 34.6 Å². The van der Waals surface area contributed by atoms with Crippen molar-refractivity contribution in [1.29, 1.82) is 0 Å². The highest BCUT2D eigenvalue weighted by Gasteiger charge is 2.21. The van der Waals surface area contributed by atoms with Gasteiger partial charge in [-0.3, -0.25) is 14.8 Å². The minimum Gasteiger partial charge on any atom is -0.468 e. The zero-order valence-electron chi connectivity index (χ0n) is 16.4. The molecule has 0 saturated carbocycles. The van der Waals surface area contributed by atoms with E-state index >= 15 is 0 Å². The van der Waals surface area contributed by atoms with Gasteiger partial charge < -0.3 is 15.1 Å². The molecule has 154 valence electrons. The third-order valence-corrected chi connectivity index (χ3v) is 5.03. The van der Waals surface area contributed by atoms with E-state index < -0.39 is 0 Å². The molecule has 0 fully saturated rings. The second kappa shape index (κ2) is 9.73. The van der Waals surface area contributed by atoms with Gasteiger partial charge in [-0.2, -0.15) is 5.10 Å². The number of benzene rings is 1. The van der Waals surface area contributed by atoms with Crippen molar-refractivity contribution in [3.8, 4) is 0 Å². The molecule has 1 aliphatic rings. The second-order valence-corrected chi connectivity index (χ2v) is 7.16. The fourth-order valence-electron chi connectivity index (χ4n) is 3.57. The van der Waals surface area contributed by atoms with Gasteiger partial charge in [-0.25, -0.2) is 0 Å². The fourth-order valence-corrected chi connectivity index (χ4v) is 3.57. The van der Waals surface area contributed by atoms with E-state index in [0.29, 0.717) is 18.8 Å². The molecular formula is C21H26ClN5O2. The lowest BCUT2D eigenvalue weighted by Gasteiger charge is -2.18. The zero-order chi connectivity index (χ0) is 19.3. The number of fused-ring (bicyclic) bond motifs is 1. The van der Waals surface area contributed by atoms with Crippen molar-refractivity contribution < 1.29 is 9.21 Å². The molecule has 8 heteroatoms. The van der Waals surface area contributed by atoms with Crippen LogP contribution in [0.2, 0.25) is 0 Å². The van der Waals surface area contributed by atoms with E-state index in [9.17, 15) is 4.79 Å². The highest BCUT2D eigenvalue weighted by Crippen LogP contribution is 2.16. The molecule has 0 saturated heterocycles. The predicted molar refractivity (Wildman–Crippen MR) is 113 cm³/mol. The maximum Gasteiger partial charge on any atom is 0.272 e. The Balaban J connectivity index is 0.00000240. The summed E-state index contributed by atoms with van der Waals surface area (Å²) in [6.45, 7) is 3.57. The number of furan rings is 1. The van der Waals surface area contributed by atoms with E-state index in [-0.39, 0.29) is 18.3 Å². The predicted octanol–water partition coefficient (Wildman–Crippen LogP) is 2.63. The first-order valence-corrected chi connectivity index (χ1v) is 9.53. The van der Waals surface area contributed by atoms with Crippen molar-refractivity contribution in [1.82, 2.24) is 25.7 Å². The molecule has 2 aromatic heterocycles. The Kier molecular flexibility index (Phi) is 7.09. The number of hydrogen-bond acceptors (Lipinski definition) is 5. The first kappa shape index (κ1) is 21.1. The lowest BCUT2D eigenvalue weighted by Crippen LogP contribution is -2.28. The standard InChI is InChI=1S/C21H25N5O2.ClH/c1-26(14-17-7-4-10-28-17)13-16-6-3-2-5-15(16)11-23-21(27)20-18-12-22-9-8-19(18)24-25-20;/h2-7,10,22H,8-9,11-14H2,1H3,(H,23,27)(H,24,25);1H. The topological polar surface area (TPSA) is 86.2 Å². The maximum atomic E-state index is 12.7. The molecule has 3 heterocycles. The molecule has 4 rings (SSSR count). The Morgan fingerprint density at radius 3 is 2.83 bits per heavy atom. The number of carbonyl (C=O) groups is 1. The molecule has 1 amide bonds. The van der Waals surface area contributed by atoms with E-state index in [1.54, 1.807) is 6.26 Å². The molecular weight excluding hydrogens is 390 g/mol. The van der Waals surface area contributed by atoms with Crippen molar-refractivity contribution in [3.63, 3.8) is 0 Å². The average molecular weight is 416 g/mol. The Hall–Kier alpha value is -2.61. The van der Waals surface area contributed by atoms with Crippen LogP contribution in [0, 0.1) is 0 Å². The second-order valence-electron chi connectivity index (χ2n) is 7.16. The van der Waals surface area contributed by atoms with Crippen molar-refractivity contribution >= 4 is 18.3 Å². The molecule has 0 radical (unpaired) electrons. The Bertz CT molecular complexity index is 938. The van der Waals surface area contributed by atoms with Crippen LogP contribution in [0.4, 0.5) is 0 Å². The first-order chi connectivity index (χ1) is 13.7. The Labute approximate surface area is 176 Å². The van der Waals surface area contributed by atoms with E-state index in [1.165, 1.54) is 5.56 Å². The number of hydrogen-bond donors (Lipinski definition) is 3. The minimum atomic E-state index is -0.139. The number of halogens is 1. The molecule has 3 N–H and O–H groups in total. The Morgan fingerprint density at radius 1 is 1.21 bits per heavy atom. The summed E-state index contributed by atoms with van der Waals surface area (Å²) in [5.74, 6) is 0.796. The number of H-pyrrole nitrogens is 1. The lowest BCUT2D eigenvalue weighted by molar-refractivity contribution is 0.0944. The zero-order valence-corrected chi connectivity index (χ0v) is 17.2. The smallest absolute Gasteiger partial charge is 0.272 e. The lowest BCUT2D eigenvalue weighted by atomic mass is 10.1. The highest BCUT2D eigenvalue weighted by atomic mass is 35.5. The van der Waals surface area contributed by atoms with Gasteiger partial charge in [0.05, 0.1) is 12.8 Å². The molecule has 29 heavy (non-hydrogen) atoms. The average Bonchev–Trinajstić information content (AvgIpc) is 3.36. The van der Waals surface area contributed by atoms with Gasteiger partial charge in [-0.1, -0.05) is 24.3 Å². The number of nitrogens with zero attached hydrogens (tertiary/aromatic N) is 2. The summed E-state index contributed by atoms with van der Waals surface area (Å²) in [4.78, 5) is 14.8. The van der Waals surface area contributed by atoms with E-state index in [2.05, 4.69) is 44.9 Å². The summed E-state index contributed by atoms with van der Waals surface area (Å²) in [5, 5.41) is 13.5. The SMILES string of the molecule is CN(Cc1ccco1)Cc1ccccc1CNC(=O)c1n[nH]c2c1CNCC2.Cl. The molecule has 1 aromatic carbocycles. The molecule has 0 atom stereocenters. The molecule has 7 nitrogen and oxygen atoms in total. The number of rotatable bonds is 7. The number of carbonyl (C=O) groups excluding carboxylic acids is 1. The van der Waals surface area contributed by atoms with Crippen molar-refractivity contribution in [3.05, 3.63) is 76.5 Å². The van der Waals surface area contributed by atoms with E-state index in [1.807, 2.05) is 24.3 Å².